The zero-order chi connectivity index (χ0) is 14.9. The van der Waals surface area contributed by atoms with Crippen LogP contribution >= 0.6 is 15.9 Å². The van der Waals surface area contributed by atoms with Crippen molar-refractivity contribution in [3.8, 4) is 0 Å². The van der Waals surface area contributed by atoms with E-state index in [9.17, 15) is 17.2 Å². The summed E-state index contributed by atoms with van der Waals surface area (Å²) in [7, 11) is -4.14. The van der Waals surface area contributed by atoms with Crippen molar-refractivity contribution in [3.63, 3.8) is 0 Å². The highest BCUT2D eigenvalue weighted by atomic mass is 79.9. The smallest absolute Gasteiger partial charge is 0.264 e. The molecule has 3 N–H and O–H groups in total. The molecule has 8 heteroatoms. The highest BCUT2D eigenvalue weighted by molar-refractivity contribution is 9.10. The maximum atomic E-state index is 13.6. The fourth-order valence-electron chi connectivity index (χ4n) is 1.50. The van der Waals surface area contributed by atoms with E-state index >= 15 is 0 Å². The average Bonchev–Trinajstić information content (AvgIpc) is 2.36. The number of halogens is 3. The zero-order valence-electron chi connectivity index (χ0n) is 9.90. The molecule has 0 atom stereocenters. The van der Waals surface area contributed by atoms with Gasteiger partial charge in [0.15, 0.2) is 0 Å². The third-order valence-electron chi connectivity index (χ3n) is 2.42. The van der Waals surface area contributed by atoms with Gasteiger partial charge in [-0.15, -0.1) is 0 Å². The lowest BCUT2D eigenvalue weighted by Crippen LogP contribution is -2.15. The number of nitrogens with one attached hydrogen (secondary N) is 1. The zero-order valence-corrected chi connectivity index (χ0v) is 12.3. The summed E-state index contributed by atoms with van der Waals surface area (Å²) in [6, 6.07) is 6.76. The molecular weight excluding hydrogens is 354 g/mol. The first-order valence-corrected chi connectivity index (χ1v) is 7.60. The normalized spacial score (nSPS) is 11.3. The molecule has 0 aliphatic carbocycles. The first kappa shape index (κ1) is 14.7. The predicted molar refractivity (Wildman–Crippen MR) is 75.7 cm³/mol. The van der Waals surface area contributed by atoms with Gasteiger partial charge in [0, 0.05) is 5.69 Å². The van der Waals surface area contributed by atoms with E-state index in [0.717, 1.165) is 18.2 Å². The van der Waals surface area contributed by atoms with Crippen LogP contribution in [-0.4, -0.2) is 8.42 Å². The van der Waals surface area contributed by atoms with Crippen LogP contribution in [0.5, 0.6) is 0 Å². The second-order valence-corrected chi connectivity index (χ2v) is 6.43. The van der Waals surface area contributed by atoms with Gasteiger partial charge in [-0.05, 0) is 52.3 Å². The second kappa shape index (κ2) is 5.37. The number of benzene rings is 2. The lowest BCUT2D eigenvalue weighted by molar-refractivity contribution is 0.570. The summed E-state index contributed by atoms with van der Waals surface area (Å²) >= 11 is 2.93. The Morgan fingerprint density at radius 2 is 1.70 bits per heavy atom. The van der Waals surface area contributed by atoms with E-state index in [0.29, 0.717) is 0 Å². The minimum Gasteiger partial charge on any atom is -0.399 e. The van der Waals surface area contributed by atoms with Crippen LogP contribution < -0.4 is 10.5 Å². The summed E-state index contributed by atoms with van der Waals surface area (Å²) in [5, 5.41) is 0. The molecule has 0 saturated heterocycles. The molecular formula is C12H9BrF2N2O2S. The third-order valence-corrected chi connectivity index (χ3v) is 4.42. The van der Waals surface area contributed by atoms with Gasteiger partial charge in [0.05, 0.1) is 10.2 Å². The van der Waals surface area contributed by atoms with Crippen LogP contribution in [0, 0.1) is 11.6 Å². The first-order valence-electron chi connectivity index (χ1n) is 5.32. The topological polar surface area (TPSA) is 72.2 Å². The highest BCUT2D eigenvalue weighted by Gasteiger charge is 2.19. The fraction of sp³-hybridized carbons (Fsp3) is 0. The predicted octanol–water partition coefficient (Wildman–Crippen LogP) is 3.11. The SMILES string of the molecule is Nc1ccc(F)c(S(=O)(=O)Nc2ccc(F)c(Br)c2)c1. The quantitative estimate of drug-likeness (QED) is 0.824. The summed E-state index contributed by atoms with van der Waals surface area (Å²) in [6.45, 7) is 0. The van der Waals surface area contributed by atoms with Crippen molar-refractivity contribution in [2.45, 2.75) is 4.90 Å². The molecule has 0 radical (unpaired) electrons. The molecule has 20 heavy (non-hydrogen) atoms. The van der Waals surface area contributed by atoms with Crippen molar-refractivity contribution in [3.05, 3.63) is 52.5 Å². The number of anilines is 2. The molecule has 0 aromatic heterocycles. The largest absolute Gasteiger partial charge is 0.399 e. The van der Waals surface area contributed by atoms with E-state index in [1.54, 1.807) is 0 Å². The van der Waals surface area contributed by atoms with Gasteiger partial charge in [0.2, 0.25) is 0 Å². The number of hydrogen-bond acceptors (Lipinski definition) is 3. The van der Waals surface area contributed by atoms with Gasteiger partial charge >= 0.3 is 0 Å². The molecule has 106 valence electrons. The molecule has 0 bridgehead atoms. The van der Waals surface area contributed by atoms with Gasteiger partial charge in [-0.25, -0.2) is 17.2 Å². The van der Waals surface area contributed by atoms with Crippen LogP contribution in [0.1, 0.15) is 0 Å². The molecule has 4 nitrogen and oxygen atoms in total. The van der Waals surface area contributed by atoms with Crippen molar-refractivity contribution in [2.24, 2.45) is 0 Å². The molecule has 0 fully saturated rings. The van der Waals surface area contributed by atoms with Crippen LogP contribution in [0.3, 0.4) is 0 Å². The third kappa shape index (κ3) is 3.07. The first-order chi connectivity index (χ1) is 9.29. The van der Waals surface area contributed by atoms with Crippen molar-refractivity contribution in [1.82, 2.24) is 0 Å². The van der Waals surface area contributed by atoms with Crippen LogP contribution in [0.25, 0.3) is 0 Å². The molecule has 2 aromatic carbocycles. The standard InChI is InChI=1S/C12H9BrF2N2O2S/c13-9-6-8(2-4-10(9)14)17-20(18,19)12-5-7(16)1-3-11(12)15/h1-6,17H,16H2. The number of sulfonamides is 1. The fourth-order valence-corrected chi connectivity index (χ4v) is 3.04. The number of hydrogen-bond donors (Lipinski definition) is 2. The lowest BCUT2D eigenvalue weighted by Gasteiger charge is -2.10. The van der Waals surface area contributed by atoms with Gasteiger partial charge in [0.1, 0.15) is 16.5 Å². The van der Waals surface area contributed by atoms with Crippen LogP contribution in [0.2, 0.25) is 0 Å². The molecule has 0 saturated carbocycles. The Balaban J connectivity index is 2.40. The van der Waals surface area contributed by atoms with Crippen molar-refractivity contribution in [2.75, 3.05) is 10.5 Å². The van der Waals surface area contributed by atoms with E-state index in [1.807, 2.05) is 0 Å². The van der Waals surface area contributed by atoms with E-state index in [4.69, 9.17) is 5.73 Å². The van der Waals surface area contributed by atoms with E-state index in [2.05, 4.69) is 20.7 Å². The van der Waals surface area contributed by atoms with E-state index in [1.165, 1.54) is 18.2 Å². The van der Waals surface area contributed by atoms with Crippen molar-refractivity contribution >= 4 is 37.3 Å². The summed E-state index contributed by atoms with van der Waals surface area (Å²) in [5.74, 6) is -1.46. The Morgan fingerprint density at radius 3 is 2.35 bits per heavy atom. The molecule has 2 rings (SSSR count). The van der Waals surface area contributed by atoms with Crippen LogP contribution in [-0.2, 0) is 10.0 Å². The maximum absolute atomic E-state index is 13.6. The monoisotopic (exact) mass is 362 g/mol. The van der Waals surface area contributed by atoms with Gasteiger partial charge in [-0.2, -0.15) is 0 Å². The molecule has 0 unspecified atom stereocenters. The average molecular weight is 363 g/mol. The maximum Gasteiger partial charge on any atom is 0.264 e. The Bertz CT molecular complexity index is 766. The van der Waals surface area contributed by atoms with Crippen LogP contribution in [0.4, 0.5) is 20.2 Å². The Hall–Kier alpha value is -1.67. The van der Waals surface area contributed by atoms with E-state index in [-0.39, 0.29) is 15.8 Å². The molecule has 0 heterocycles. The summed E-state index contributed by atoms with van der Waals surface area (Å²) in [5.41, 5.74) is 5.66. The molecule has 2 aromatic rings. The summed E-state index contributed by atoms with van der Waals surface area (Å²) < 4.78 is 53.0. The second-order valence-electron chi connectivity index (χ2n) is 3.92. The number of nitrogen functional groups attached to an aromatic ring is 1. The van der Waals surface area contributed by atoms with Crippen molar-refractivity contribution in [1.29, 1.82) is 0 Å². The highest BCUT2D eigenvalue weighted by Crippen LogP contribution is 2.24. The molecule has 0 spiro atoms. The van der Waals surface area contributed by atoms with Gasteiger partial charge < -0.3 is 5.73 Å². The Morgan fingerprint density at radius 1 is 1.05 bits per heavy atom. The summed E-state index contributed by atoms with van der Waals surface area (Å²) in [6.07, 6.45) is 0. The van der Waals surface area contributed by atoms with Gasteiger partial charge in [-0.3, -0.25) is 4.72 Å². The Kier molecular flexibility index (Phi) is 3.96. The number of rotatable bonds is 3. The summed E-state index contributed by atoms with van der Waals surface area (Å²) in [4.78, 5) is -0.571. The minimum absolute atomic E-state index is 0.0887. The van der Waals surface area contributed by atoms with Crippen LogP contribution in [0.15, 0.2) is 45.8 Å². The minimum atomic E-state index is -4.14. The van der Waals surface area contributed by atoms with Crippen molar-refractivity contribution < 1.29 is 17.2 Å². The molecule has 0 aliphatic rings. The van der Waals surface area contributed by atoms with Gasteiger partial charge in [0.25, 0.3) is 10.0 Å². The van der Waals surface area contributed by atoms with E-state index < -0.39 is 26.6 Å². The number of nitrogens with two attached hydrogens (primary N) is 1. The molecule has 0 amide bonds. The lowest BCUT2D eigenvalue weighted by atomic mass is 10.3. The van der Waals surface area contributed by atoms with Gasteiger partial charge in [-0.1, -0.05) is 0 Å². The Labute approximate surface area is 122 Å². The molecule has 0 aliphatic heterocycles.